The minimum absolute atomic E-state index is 0.317. The lowest BCUT2D eigenvalue weighted by atomic mass is 10.1. The molecule has 96 valence electrons. The monoisotopic (exact) mass is 243 g/mol. The number of hydrogen-bond acceptors (Lipinski definition) is 2. The van der Waals surface area contributed by atoms with Gasteiger partial charge in [-0.1, -0.05) is 44.2 Å². The Hall–Kier alpha value is -1.61. The van der Waals surface area contributed by atoms with Crippen molar-refractivity contribution in [3.63, 3.8) is 0 Å². The van der Waals surface area contributed by atoms with Gasteiger partial charge in [-0.25, -0.2) is 4.98 Å². The number of benzene rings is 1. The highest BCUT2D eigenvalue weighted by Gasteiger charge is 2.11. The summed E-state index contributed by atoms with van der Waals surface area (Å²) in [6.45, 7) is 7.37. The highest BCUT2D eigenvalue weighted by molar-refractivity contribution is 5.20. The van der Waals surface area contributed by atoms with Crippen molar-refractivity contribution in [2.45, 2.75) is 39.4 Å². The first kappa shape index (κ1) is 12.8. The Morgan fingerprint density at radius 2 is 1.89 bits per heavy atom. The zero-order chi connectivity index (χ0) is 13.0. The van der Waals surface area contributed by atoms with Gasteiger partial charge in [-0.3, -0.25) is 0 Å². The summed E-state index contributed by atoms with van der Waals surface area (Å²) in [7, 11) is 0. The molecule has 0 spiro atoms. The van der Waals surface area contributed by atoms with Crippen LogP contribution in [-0.2, 0) is 6.54 Å². The van der Waals surface area contributed by atoms with Gasteiger partial charge in [0.25, 0.3) is 0 Å². The van der Waals surface area contributed by atoms with E-state index in [0.717, 1.165) is 6.54 Å². The zero-order valence-corrected chi connectivity index (χ0v) is 11.3. The molecular weight excluding hydrogens is 222 g/mol. The Balaban J connectivity index is 2.16. The Kier molecular flexibility index (Phi) is 4.15. The Morgan fingerprint density at radius 3 is 2.56 bits per heavy atom. The van der Waals surface area contributed by atoms with Gasteiger partial charge in [0, 0.05) is 18.8 Å². The topological polar surface area (TPSA) is 29.9 Å². The number of aromatic nitrogens is 2. The maximum absolute atomic E-state index is 4.27. The third-order valence-corrected chi connectivity index (χ3v) is 3.14. The first-order chi connectivity index (χ1) is 8.68. The molecule has 1 aromatic carbocycles. The van der Waals surface area contributed by atoms with E-state index in [0.29, 0.717) is 12.1 Å². The first-order valence-electron chi connectivity index (χ1n) is 6.47. The fourth-order valence-electron chi connectivity index (χ4n) is 2.02. The summed E-state index contributed by atoms with van der Waals surface area (Å²) < 4.78 is 2.23. The second kappa shape index (κ2) is 5.83. The van der Waals surface area contributed by atoms with Crippen molar-refractivity contribution in [1.29, 1.82) is 0 Å². The minimum atomic E-state index is 0.317. The molecule has 3 nitrogen and oxygen atoms in total. The molecule has 2 aromatic rings. The highest BCUT2D eigenvalue weighted by atomic mass is 15.1. The summed E-state index contributed by atoms with van der Waals surface area (Å²) >= 11 is 0. The molecule has 0 aliphatic heterocycles. The quantitative estimate of drug-likeness (QED) is 0.875. The van der Waals surface area contributed by atoms with Crippen LogP contribution in [0.1, 0.15) is 38.1 Å². The lowest BCUT2D eigenvalue weighted by molar-refractivity contribution is 0.539. The second-order valence-corrected chi connectivity index (χ2v) is 4.91. The summed E-state index contributed by atoms with van der Waals surface area (Å²) in [6.07, 6.45) is 3.85. The van der Waals surface area contributed by atoms with E-state index in [1.807, 2.05) is 18.6 Å². The van der Waals surface area contributed by atoms with E-state index in [2.05, 4.69) is 59.9 Å². The summed E-state index contributed by atoms with van der Waals surface area (Å²) in [5.41, 5.74) is 2.53. The third-order valence-electron chi connectivity index (χ3n) is 3.14. The van der Waals surface area contributed by atoms with Gasteiger partial charge >= 0.3 is 0 Å². The maximum Gasteiger partial charge on any atom is 0.0954 e. The van der Waals surface area contributed by atoms with Gasteiger partial charge in [0.15, 0.2) is 0 Å². The highest BCUT2D eigenvalue weighted by Crippen LogP contribution is 2.19. The molecule has 0 amide bonds. The first-order valence-corrected chi connectivity index (χ1v) is 6.47. The minimum Gasteiger partial charge on any atom is -0.326 e. The van der Waals surface area contributed by atoms with Crippen LogP contribution in [0, 0.1) is 0 Å². The molecule has 1 N–H and O–H groups in total. The molecule has 18 heavy (non-hydrogen) atoms. The van der Waals surface area contributed by atoms with Crippen molar-refractivity contribution in [3.8, 4) is 0 Å². The van der Waals surface area contributed by atoms with E-state index < -0.39 is 0 Å². The molecule has 0 saturated heterocycles. The summed E-state index contributed by atoms with van der Waals surface area (Å²) in [5.74, 6) is 0. The predicted molar refractivity (Wildman–Crippen MR) is 74.5 cm³/mol. The Bertz CT molecular complexity index is 473. The average molecular weight is 243 g/mol. The number of imidazole rings is 1. The molecule has 1 aromatic heterocycles. The number of nitrogens with zero attached hydrogens (tertiary/aromatic N) is 2. The van der Waals surface area contributed by atoms with Crippen LogP contribution in [0.15, 0.2) is 42.9 Å². The summed E-state index contributed by atoms with van der Waals surface area (Å²) in [4.78, 5) is 4.27. The van der Waals surface area contributed by atoms with Crippen molar-refractivity contribution in [3.05, 3.63) is 54.1 Å². The smallest absolute Gasteiger partial charge is 0.0954 e. The zero-order valence-electron chi connectivity index (χ0n) is 11.3. The lowest BCUT2D eigenvalue weighted by Crippen LogP contribution is -2.24. The van der Waals surface area contributed by atoms with Gasteiger partial charge in [-0.15, -0.1) is 0 Å². The van der Waals surface area contributed by atoms with Crippen LogP contribution < -0.4 is 5.32 Å². The molecule has 0 saturated carbocycles. The molecule has 1 heterocycles. The molecule has 2 rings (SSSR count). The van der Waals surface area contributed by atoms with Gasteiger partial charge in [-0.05, 0) is 12.5 Å². The number of nitrogens with one attached hydrogen (secondary N) is 1. The predicted octanol–water partition coefficient (Wildman–Crippen LogP) is 2.99. The fourth-order valence-corrected chi connectivity index (χ4v) is 2.02. The second-order valence-electron chi connectivity index (χ2n) is 4.91. The maximum atomic E-state index is 4.27. The Morgan fingerprint density at radius 1 is 1.17 bits per heavy atom. The molecule has 0 radical (unpaired) electrons. The van der Waals surface area contributed by atoms with E-state index in [-0.39, 0.29) is 0 Å². The standard InChI is InChI=1S/C15H21N3/c1-12(2)17-10-15-9-16-11-18(15)13(3)14-7-5-4-6-8-14/h4-9,11-13,17H,10H2,1-3H3. The van der Waals surface area contributed by atoms with Gasteiger partial charge in [0.05, 0.1) is 18.1 Å². The average Bonchev–Trinajstić information content (AvgIpc) is 2.85. The van der Waals surface area contributed by atoms with Crippen LogP contribution in [0.4, 0.5) is 0 Å². The molecule has 3 heteroatoms. The van der Waals surface area contributed by atoms with Crippen molar-refractivity contribution >= 4 is 0 Å². The van der Waals surface area contributed by atoms with Crippen molar-refractivity contribution in [1.82, 2.24) is 14.9 Å². The van der Waals surface area contributed by atoms with Crippen molar-refractivity contribution in [2.75, 3.05) is 0 Å². The van der Waals surface area contributed by atoms with Gasteiger partial charge in [-0.2, -0.15) is 0 Å². The fraction of sp³-hybridized carbons (Fsp3) is 0.400. The van der Waals surface area contributed by atoms with E-state index in [4.69, 9.17) is 0 Å². The SMILES string of the molecule is CC(C)NCc1cncn1C(C)c1ccccc1. The molecule has 0 bridgehead atoms. The van der Waals surface area contributed by atoms with Gasteiger partial charge in [0.1, 0.15) is 0 Å². The van der Waals surface area contributed by atoms with E-state index in [9.17, 15) is 0 Å². The van der Waals surface area contributed by atoms with E-state index >= 15 is 0 Å². The van der Waals surface area contributed by atoms with Crippen LogP contribution in [0.5, 0.6) is 0 Å². The van der Waals surface area contributed by atoms with Gasteiger partial charge < -0.3 is 9.88 Å². The van der Waals surface area contributed by atoms with Crippen LogP contribution in [-0.4, -0.2) is 15.6 Å². The Labute approximate surface area is 109 Å². The van der Waals surface area contributed by atoms with Crippen LogP contribution >= 0.6 is 0 Å². The number of hydrogen-bond donors (Lipinski definition) is 1. The van der Waals surface area contributed by atoms with Crippen LogP contribution in [0.3, 0.4) is 0 Å². The molecule has 1 atom stereocenters. The van der Waals surface area contributed by atoms with Gasteiger partial charge in [0.2, 0.25) is 0 Å². The van der Waals surface area contributed by atoms with Crippen molar-refractivity contribution in [2.24, 2.45) is 0 Å². The van der Waals surface area contributed by atoms with Crippen molar-refractivity contribution < 1.29 is 0 Å². The normalized spacial score (nSPS) is 12.9. The summed E-state index contributed by atoms with van der Waals surface area (Å²) in [6, 6.07) is 11.3. The molecule has 1 unspecified atom stereocenters. The molecule has 0 fully saturated rings. The van der Waals surface area contributed by atoms with Crippen LogP contribution in [0.2, 0.25) is 0 Å². The van der Waals surface area contributed by atoms with Crippen LogP contribution in [0.25, 0.3) is 0 Å². The van der Waals surface area contributed by atoms with E-state index in [1.54, 1.807) is 0 Å². The summed E-state index contributed by atoms with van der Waals surface area (Å²) in [5, 5.41) is 3.43. The molecule has 0 aliphatic rings. The largest absolute Gasteiger partial charge is 0.326 e. The molecule has 0 aliphatic carbocycles. The van der Waals surface area contributed by atoms with E-state index in [1.165, 1.54) is 11.3 Å². The molecular formula is C15H21N3. The lowest BCUT2D eigenvalue weighted by Gasteiger charge is -2.18. The third kappa shape index (κ3) is 2.99. The number of rotatable bonds is 5.